The number of aryl methyl sites for hydroxylation is 1. The third-order valence-corrected chi connectivity index (χ3v) is 6.82. The minimum atomic E-state index is -0.696. The van der Waals surface area contributed by atoms with Crippen molar-refractivity contribution in [3.05, 3.63) is 82.5 Å². The van der Waals surface area contributed by atoms with Gasteiger partial charge >= 0.3 is 0 Å². The number of nitrogens with zero attached hydrogens (tertiary/aromatic N) is 3. The fourth-order valence-electron chi connectivity index (χ4n) is 4.59. The number of carbonyl (C=O) groups is 1. The molecule has 2 aromatic heterocycles. The van der Waals surface area contributed by atoms with Gasteiger partial charge < -0.3 is 9.88 Å². The van der Waals surface area contributed by atoms with Crippen LogP contribution < -0.4 is 0 Å². The normalized spacial score (nSPS) is 18.4. The number of H-pyrrole nitrogens is 1. The van der Waals surface area contributed by atoms with Gasteiger partial charge in [0.2, 0.25) is 0 Å². The van der Waals surface area contributed by atoms with Crippen LogP contribution in [0.5, 0.6) is 0 Å². The first-order valence-electron chi connectivity index (χ1n) is 10.6. The molecule has 0 aliphatic carbocycles. The molecule has 32 heavy (non-hydrogen) atoms. The Kier molecular flexibility index (Phi) is 4.97. The van der Waals surface area contributed by atoms with Crippen molar-refractivity contribution in [3.63, 3.8) is 0 Å². The zero-order valence-electron chi connectivity index (χ0n) is 17.8. The summed E-state index contributed by atoms with van der Waals surface area (Å²) in [6, 6.07) is 13.8. The monoisotopic (exact) mass is 448 g/mol. The molecule has 0 radical (unpaired) electrons. The van der Waals surface area contributed by atoms with Gasteiger partial charge in [-0.15, -0.1) is 0 Å². The number of pyridine rings is 1. The van der Waals surface area contributed by atoms with Crippen LogP contribution in [-0.2, 0) is 5.54 Å². The van der Waals surface area contributed by atoms with Gasteiger partial charge in [-0.25, -0.2) is 9.37 Å². The van der Waals surface area contributed by atoms with Crippen LogP contribution in [0.15, 0.2) is 54.7 Å². The predicted molar refractivity (Wildman–Crippen MR) is 123 cm³/mol. The lowest BCUT2D eigenvalue weighted by Gasteiger charge is -2.34. The minimum Gasteiger partial charge on any atom is -0.340 e. The first kappa shape index (κ1) is 20.6. The van der Waals surface area contributed by atoms with E-state index in [-0.39, 0.29) is 11.5 Å². The zero-order valence-corrected chi connectivity index (χ0v) is 18.6. The highest BCUT2D eigenvalue weighted by Gasteiger charge is 2.44. The van der Waals surface area contributed by atoms with Crippen molar-refractivity contribution in [2.45, 2.75) is 32.2 Å². The number of aromatic nitrogens is 3. The molecule has 1 aliphatic heterocycles. The highest BCUT2D eigenvalue weighted by molar-refractivity contribution is 6.32. The first-order valence-corrected chi connectivity index (χ1v) is 10.9. The van der Waals surface area contributed by atoms with E-state index in [4.69, 9.17) is 16.6 Å². The lowest BCUT2D eigenvalue weighted by atomic mass is 9.95. The third-order valence-electron chi connectivity index (χ3n) is 6.41. The Labute approximate surface area is 190 Å². The molecule has 3 heterocycles. The third kappa shape index (κ3) is 3.17. The SMILES string of the molecule is Cc1c(Cl)ccc2[nH]c([C@]3(C)CCCN3C(=O)c3c(F)cccc3-c3ccccn3)nc12. The molecule has 1 saturated heterocycles. The standard InChI is InChI=1S/C25H22ClFN4O/c1-15-17(26)10-11-20-22(15)30-24(29-20)25(2)12-6-14-31(25)23(32)21-16(7-5-8-18(21)27)19-9-3-4-13-28-19/h3-5,7-11,13H,6,12,14H2,1-2H3,(H,29,30)/t25-/m0/s1. The Morgan fingerprint density at radius 3 is 2.81 bits per heavy atom. The number of likely N-dealkylation sites (tertiary alicyclic amines) is 1. The van der Waals surface area contributed by atoms with E-state index in [2.05, 4.69) is 9.97 Å². The van der Waals surface area contributed by atoms with Gasteiger partial charge in [-0.1, -0.05) is 29.8 Å². The van der Waals surface area contributed by atoms with E-state index in [0.717, 1.165) is 29.4 Å². The van der Waals surface area contributed by atoms with Crippen LogP contribution in [0.3, 0.4) is 0 Å². The van der Waals surface area contributed by atoms with Gasteiger partial charge in [0.15, 0.2) is 0 Å². The van der Waals surface area contributed by atoms with Crippen LogP contribution in [-0.4, -0.2) is 32.3 Å². The maximum Gasteiger partial charge on any atom is 0.258 e. The van der Waals surface area contributed by atoms with Gasteiger partial charge in [0, 0.05) is 23.3 Å². The summed E-state index contributed by atoms with van der Waals surface area (Å²) in [5.74, 6) is -0.238. The quantitative estimate of drug-likeness (QED) is 0.426. The Balaban J connectivity index is 1.60. The number of hydrogen-bond donors (Lipinski definition) is 1. The van der Waals surface area contributed by atoms with Crippen molar-refractivity contribution < 1.29 is 9.18 Å². The number of amides is 1. The molecule has 162 valence electrons. The van der Waals surface area contributed by atoms with Gasteiger partial charge in [0.1, 0.15) is 11.6 Å². The number of carbonyl (C=O) groups excluding carboxylic acids is 1. The molecule has 1 amide bonds. The summed E-state index contributed by atoms with van der Waals surface area (Å²) in [5.41, 5.74) is 2.92. The first-order chi connectivity index (χ1) is 15.4. The van der Waals surface area contributed by atoms with Gasteiger partial charge in [0.25, 0.3) is 5.91 Å². The minimum absolute atomic E-state index is 0.0367. The summed E-state index contributed by atoms with van der Waals surface area (Å²) in [5, 5.41) is 0.645. The summed E-state index contributed by atoms with van der Waals surface area (Å²) >= 11 is 6.28. The van der Waals surface area contributed by atoms with Crippen LogP contribution in [0.25, 0.3) is 22.3 Å². The molecular weight excluding hydrogens is 427 g/mol. The highest BCUT2D eigenvalue weighted by atomic mass is 35.5. The Hall–Kier alpha value is -3.25. The number of imidazole rings is 1. The second-order valence-corrected chi connectivity index (χ2v) is 8.77. The number of hydrogen-bond acceptors (Lipinski definition) is 3. The van der Waals surface area contributed by atoms with Crippen LogP contribution in [0.1, 0.15) is 41.5 Å². The summed E-state index contributed by atoms with van der Waals surface area (Å²) in [7, 11) is 0. The number of halogens is 2. The number of nitrogens with one attached hydrogen (secondary N) is 1. The predicted octanol–water partition coefficient (Wildman–Crippen LogP) is 5.88. The molecule has 1 fully saturated rings. The molecule has 0 unspecified atom stereocenters. The molecule has 5 rings (SSSR count). The molecule has 0 bridgehead atoms. The smallest absolute Gasteiger partial charge is 0.258 e. The summed E-state index contributed by atoms with van der Waals surface area (Å²) in [4.78, 5) is 28.0. The van der Waals surface area contributed by atoms with Crippen molar-refractivity contribution >= 4 is 28.5 Å². The van der Waals surface area contributed by atoms with E-state index in [0.29, 0.717) is 28.6 Å². The Morgan fingerprint density at radius 1 is 1.19 bits per heavy atom. The second kappa shape index (κ2) is 7.71. The van der Waals surface area contributed by atoms with Gasteiger partial charge in [0.05, 0.1) is 27.8 Å². The van der Waals surface area contributed by atoms with Crippen molar-refractivity contribution in [2.24, 2.45) is 0 Å². The van der Waals surface area contributed by atoms with Gasteiger partial charge in [-0.05, 0) is 62.6 Å². The molecule has 5 nitrogen and oxygen atoms in total. The molecule has 1 N–H and O–H groups in total. The average Bonchev–Trinajstić information content (AvgIpc) is 3.42. The van der Waals surface area contributed by atoms with E-state index in [1.807, 2.05) is 32.0 Å². The van der Waals surface area contributed by atoms with Crippen molar-refractivity contribution in [2.75, 3.05) is 6.54 Å². The van der Waals surface area contributed by atoms with Crippen LogP contribution in [0, 0.1) is 12.7 Å². The number of aromatic amines is 1. The Bertz CT molecular complexity index is 1340. The lowest BCUT2D eigenvalue weighted by molar-refractivity contribution is 0.0602. The second-order valence-electron chi connectivity index (χ2n) is 8.37. The molecule has 0 spiro atoms. The molecule has 2 aromatic carbocycles. The van der Waals surface area contributed by atoms with E-state index in [1.54, 1.807) is 35.4 Å². The van der Waals surface area contributed by atoms with Crippen molar-refractivity contribution in [3.8, 4) is 11.3 Å². The van der Waals surface area contributed by atoms with Crippen LogP contribution in [0.4, 0.5) is 4.39 Å². The maximum atomic E-state index is 15.0. The molecule has 0 saturated carbocycles. The maximum absolute atomic E-state index is 15.0. The summed E-state index contributed by atoms with van der Waals surface area (Å²) < 4.78 is 15.0. The van der Waals surface area contributed by atoms with E-state index in [1.165, 1.54) is 6.07 Å². The van der Waals surface area contributed by atoms with Crippen molar-refractivity contribution in [1.29, 1.82) is 0 Å². The van der Waals surface area contributed by atoms with Gasteiger partial charge in [-0.2, -0.15) is 0 Å². The summed E-state index contributed by atoms with van der Waals surface area (Å²) in [6.07, 6.45) is 3.15. The average molecular weight is 449 g/mol. The van der Waals surface area contributed by atoms with E-state index in [9.17, 15) is 4.79 Å². The number of rotatable bonds is 3. The van der Waals surface area contributed by atoms with E-state index >= 15 is 4.39 Å². The Morgan fingerprint density at radius 2 is 2.03 bits per heavy atom. The topological polar surface area (TPSA) is 61.9 Å². The largest absolute Gasteiger partial charge is 0.340 e. The highest BCUT2D eigenvalue weighted by Crippen LogP contribution is 2.40. The number of fused-ring (bicyclic) bond motifs is 1. The summed E-state index contributed by atoms with van der Waals surface area (Å²) in [6.45, 7) is 4.42. The zero-order chi connectivity index (χ0) is 22.5. The van der Waals surface area contributed by atoms with Crippen LogP contribution in [0.2, 0.25) is 5.02 Å². The van der Waals surface area contributed by atoms with Gasteiger partial charge in [-0.3, -0.25) is 9.78 Å². The number of benzene rings is 2. The fourth-order valence-corrected chi connectivity index (χ4v) is 4.74. The van der Waals surface area contributed by atoms with Crippen molar-refractivity contribution in [1.82, 2.24) is 19.9 Å². The lowest BCUT2D eigenvalue weighted by Crippen LogP contribution is -2.44. The fraction of sp³-hybridized carbons (Fsp3) is 0.240. The van der Waals surface area contributed by atoms with Crippen LogP contribution >= 0.6 is 11.6 Å². The molecule has 1 aliphatic rings. The molecule has 1 atom stereocenters. The molecule has 7 heteroatoms. The molecular formula is C25H22ClFN4O. The molecule has 4 aromatic rings. The van der Waals surface area contributed by atoms with E-state index < -0.39 is 11.4 Å².